The Morgan fingerprint density at radius 1 is 0.559 bits per heavy atom. The largest absolute Gasteiger partial charge is 0.350 e. The van der Waals surface area contributed by atoms with Gasteiger partial charge in [-0.1, -0.05) is 164 Å². The Morgan fingerprint density at radius 2 is 0.912 bits per heavy atom. The second-order valence-corrected chi connectivity index (χ2v) is 11.0. The van der Waals surface area contributed by atoms with Crippen LogP contribution in [0.4, 0.5) is 0 Å². The summed E-state index contributed by atoms with van der Waals surface area (Å²) in [6.07, 6.45) is 22.4. The Kier molecular flexibility index (Phi) is 17.1. The predicted octanol–water partition coefficient (Wildman–Crippen LogP) is 10.4. The smallest absolute Gasteiger partial charge is 0.168 e. The Labute approximate surface area is 211 Å². The zero-order valence-corrected chi connectivity index (χ0v) is 22.6. The molecule has 190 valence electrons. The van der Waals surface area contributed by atoms with Crippen molar-refractivity contribution in [2.75, 3.05) is 6.16 Å². The average molecular weight is 485 g/mol. The molecule has 0 heterocycles. The molecule has 0 aliphatic rings. The molecule has 0 amide bonds. The molecule has 0 saturated heterocycles. The monoisotopic (exact) mass is 484 g/mol. The third kappa shape index (κ3) is 13.6. The molecule has 0 spiro atoms. The first-order chi connectivity index (χ1) is 16.8. The zero-order chi connectivity index (χ0) is 24.1. The number of rotatable bonds is 21. The summed E-state index contributed by atoms with van der Waals surface area (Å²) in [5.41, 5.74) is 2.20. The summed E-state index contributed by atoms with van der Waals surface area (Å²) >= 11 is 0. The van der Waals surface area contributed by atoms with Crippen LogP contribution in [0.1, 0.15) is 127 Å². The first-order valence-electron chi connectivity index (χ1n) is 14.0. The van der Waals surface area contributed by atoms with Crippen molar-refractivity contribution in [3.8, 4) is 0 Å². The number of hydrogen-bond donors (Lipinski definition) is 1. The highest BCUT2D eigenvalue weighted by atomic mass is 31.2. The van der Waals surface area contributed by atoms with Gasteiger partial charge in [-0.3, -0.25) is 0 Å². The van der Waals surface area contributed by atoms with E-state index in [0.29, 0.717) is 0 Å². The fraction of sp³-hybridized carbons (Fsp3) is 0.613. The summed E-state index contributed by atoms with van der Waals surface area (Å²) in [7, 11) is -1.41. The molecule has 0 aliphatic carbocycles. The van der Waals surface area contributed by atoms with E-state index in [9.17, 15) is 4.89 Å². The lowest BCUT2D eigenvalue weighted by Crippen LogP contribution is -2.04. The quantitative estimate of drug-likeness (QED) is 0.141. The van der Waals surface area contributed by atoms with E-state index in [4.69, 9.17) is 4.52 Å². The van der Waals surface area contributed by atoms with E-state index < -0.39 is 8.38 Å². The van der Waals surface area contributed by atoms with Gasteiger partial charge in [0.2, 0.25) is 0 Å². The maximum Gasteiger partial charge on any atom is 0.168 e. The van der Waals surface area contributed by atoms with Crippen molar-refractivity contribution in [1.29, 1.82) is 0 Å². The molecule has 2 rings (SSSR count). The second-order valence-electron chi connectivity index (χ2n) is 9.69. The number of benzene rings is 2. The Bertz CT molecular complexity index is 652. The Morgan fingerprint density at radius 3 is 1.29 bits per heavy atom. The van der Waals surface area contributed by atoms with Gasteiger partial charge in [0.05, 0.1) is 0 Å². The molecule has 1 atom stereocenters. The van der Waals surface area contributed by atoms with E-state index in [0.717, 1.165) is 23.7 Å². The normalized spacial score (nSPS) is 12.3. The van der Waals surface area contributed by atoms with Gasteiger partial charge in [0, 0.05) is 6.16 Å². The molecule has 2 aromatic rings. The van der Waals surface area contributed by atoms with Crippen LogP contribution in [0.25, 0.3) is 0 Å². The third-order valence-corrected chi connectivity index (χ3v) is 7.79. The van der Waals surface area contributed by atoms with Crippen LogP contribution in [0.15, 0.2) is 60.7 Å². The molecule has 1 N–H and O–H groups in total. The maximum atomic E-state index is 10.6. The molecule has 0 aromatic heterocycles. The minimum absolute atomic E-state index is 0.195. The van der Waals surface area contributed by atoms with Crippen LogP contribution in [0.3, 0.4) is 0 Å². The van der Waals surface area contributed by atoms with Crippen molar-refractivity contribution in [2.24, 2.45) is 0 Å². The summed E-state index contributed by atoms with van der Waals surface area (Å²) in [6.45, 7) is 2.29. The Balaban J connectivity index is 1.47. The highest BCUT2D eigenvalue weighted by Gasteiger charge is 2.19. The van der Waals surface area contributed by atoms with Crippen molar-refractivity contribution in [3.63, 3.8) is 0 Å². The predicted molar refractivity (Wildman–Crippen MR) is 149 cm³/mol. The van der Waals surface area contributed by atoms with Crippen LogP contribution in [0.2, 0.25) is 0 Å². The molecule has 2 aromatic carbocycles. The molecule has 2 nitrogen and oxygen atoms in total. The van der Waals surface area contributed by atoms with Crippen molar-refractivity contribution in [3.05, 3.63) is 71.8 Å². The third-order valence-electron chi connectivity index (χ3n) is 6.63. The van der Waals surface area contributed by atoms with Gasteiger partial charge in [-0.15, -0.1) is 0 Å². The van der Waals surface area contributed by atoms with Gasteiger partial charge in [-0.2, -0.15) is 0 Å². The molecule has 3 heteroatoms. The van der Waals surface area contributed by atoms with Crippen molar-refractivity contribution in [1.82, 2.24) is 0 Å². The van der Waals surface area contributed by atoms with E-state index in [-0.39, 0.29) is 6.10 Å². The summed E-state index contributed by atoms with van der Waals surface area (Å²) in [4.78, 5) is 10.6. The van der Waals surface area contributed by atoms with Crippen molar-refractivity contribution >= 4 is 8.38 Å². The van der Waals surface area contributed by atoms with E-state index in [1.807, 2.05) is 36.4 Å². The van der Waals surface area contributed by atoms with Crippen LogP contribution >= 0.6 is 8.38 Å². The average Bonchev–Trinajstić information content (AvgIpc) is 2.88. The lowest BCUT2D eigenvalue weighted by Gasteiger charge is -2.22. The fourth-order valence-electron chi connectivity index (χ4n) is 4.54. The van der Waals surface area contributed by atoms with Crippen LogP contribution in [0.5, 0.6) is 0 Å². The SMILES string of the molecule is CCCCCCCCCCCCCCCCCCP(O)OC(c1ccccc1)c1ccccc1. The maximum absolute atomic E-state index is 10.6. The molecule has 34 heavy (non-hydrogen) atoms. The molecular formula is C31H49O2P. The van der Waals surface area contributed by atoms with E-state index in [1.54, 1.807) is 0 Å². The standard InChI is InChI=1S/C31H49O2P/c1-2-3-4-5-6-7-8-9-10-11-12-13-14-15-16-23-28-34(32)33-31(29-24-19-17-20-25-29)30-26-21-18-22-27-30/h17-22,24-27,31-32H,2-16,23,28H2,1H3. The molecular weight excluding hydrogens is 435 g/mol. The van der Waals surface area contributed by atoms with Crippen LogP contribution in [0, 0.1) is 0 Å². The lowest BCUT2D eigenvalue weighted by molar-refractivity contribution is 0.244. The van der Waals surface area contributed by atoms with Gasteiger partial charge in [-0.05, 0) is 17.5 Å². The fourth-order valence-corrected chi connectivity index (χ4v) is 5.63. The number of unbranched alkanes of at least 4 members (excludes halogenated alkanes) is 15. The highest BCUT2D eigenvalue weighted by Crippen LogP contribution is 2.42. The first-order valence-corrected chi connectivity index (χ1v) is 15.4. The lowest BCUT2D eigenvalue weighted by atomic mass is 10.0. The van der Waals surface area contributed by atoms with Gasteiger partial charge in [0.25, 0.3) is 0 Å². The topological polar surface area (TPSA) is 29.5 Å². The number of hydrogen-bond acceptors (Lipinski definition) is 2. The zero-order valence-electron chi connectivity index (χ0n) is 21.7. The first kappa shape index (κ1) is 29.0. The van der Waals surface area contributed by atoms with Crippen LogP contribution in [-0.2, 0) is 4.52 Å². The molecule has 0 fully saturated rings. The van der Waals surface area contributed by atoms with Crippen LogP contribution < -0.4 is 0 Å². The van der Waals surface area contributed by atoms with E-state index in [2.05, 4.69) is 31.2 Å². The van der Waals surface area contributed by atoms with E-state index >= 15 is 0 Å². The van der Waals surface area contributed by atoms with Crippen molar-refractivity contribution < 1.29 is 9.42 Å². The van der Waals surface area contributed by atoms with Crippen LogP contribution in [-0.4, -0.2) is 11.1 Å². The van der Waals surface area contributed by atoms with Gasteiger partial charge >= 0.3 is 0 Å². The van der Waals surface area contributed by atoms with E-state index in [1.165, 1.54) is 96.3 Å². The van der Waals surface area contributed by atoms with Gasteiger partial charge < -0.3 is 9.42 Å². The Hall–Kier alpha value is -1.21. The summed E-state index contributed by atoms with van der Waals surface area (Å²) in [5.74, 6) is 0. The second kappa shape index (κ2) is 20.0. The highest BCUT2D eigenvalue weighted by molar-refractivity contribution is 7.46. The molecule has 0 radical (unpaired) electrons. The molecule has 0 bridgehead atoms. The minimum Gasteiger partial charge on any atom is -0.350 e. The molecule has 1 unspecified atom stereocenters. The molecule has 0 saturated carbocycles. The van der Waals surface area contributed by atoms with Gasteiger partial charge in [0.1, 0.15) is 6.10 Å². The molecule has 0 aliphatic heterocycles. The summed E-state index contributed by atoms with van der Waals surface area (Å²) in [6, 6.07) is 20.5. The van der Waals surface area contributed by atoms with Gasteiger partial charge in [0.15, 0.2) is 8.38 Å². The summed E-state index contributed by atoms with van der Waals surface area (Å²) in [5, 5.41) is 0. The van der Waals surface area contributed by atoms with Gasteiger partial charge in [-0.25, -0.2) is 0 Å². The van der Waals surface area contributed by atoms with Crippen molar-refractivity contribution in [2.45, 2.75) is 116 Å². The minimum atomic E-state index is -1.41. The summed E-state index contributed by atoms with van der Waals surface area (Å²) < 4.78 is 6.17.